The van der Waals surface area contributed by atoms with Gasteiger partial charge in [0.1, 0.15) is 23.7 Å². The first-order chi connectivity index (χ1) is 13.0. The molecule has 0 saturated carbocycles. The first kappa shape index (κ1) is 17.5. The van der Waals surface area contributed by atoms with Crippen LogP contribution >= 0.6 is 0 Å². The summed E-state index contributed by atoms with van der Waals surface area (Å²) in [5, 5.41) is 11.4. The Morgan fingerprint density at radius 1 is 1.30 bits per heavy atom. The first-order valence-electron chi connectivity index (χ1n) is 9.10. The lowest BCUT2D eigenvalue weighted by atomic mass is 10.1. The number of hydrogen-bond donors (Lipinski definition) is 1. The molecule has 0 aliphatic heterocycles. The van der Waals surface area contributed by atoms with Gasteiger partial charge in [0.05, 0.1) is 17.6 Å². The van der Waals surface area contributed by atoms with Gasteiger partial charge in [-0.05, 0) is 49.4 Å². The van der Waals surface area contributed by atoms with Crippen LogP contribution in [0.25, 0.3) is 5.69 Å². The minimum Gasteiger partial charge on any atom is -0.455 e. The van der Waals surface area contributed by atoms with E-state index in [1.54, 1.807) is 12.1 Å². The number of rotatable bonds is 5. The molecule has 0 bridgehead atoms. The molecule has 0 spiro atoms. The number of carbonyl (C=O) groups excluding carboxylic acids is 1. The van der Waals surface area contributed by atoms with E-state index in [0.29, 0.717) is 5.56 Å². The monoisotopic (exact) mass is 368 g/mol. The number of ether oxygens (including phenoxy) is 1. The van der Waals surface area contributed by atoms with Crippen molar-refractivity contribution in [3.8, 4) is 5.69 Å². The van der Waals surface area contributed by atoms with Gasteiger partial charge in [0.15, 0.2) is 0 Å². The Morgan fingerprint density at radius 3 is 2.81 bits per heavy atom. The summed E-state index contributed by atoms with van der Waals surface area (Å²) >= 11 is 0. The maximum atomic E-state index is 13.2. The van der Waals surface area contributed by atoms with Crippen molar-refractivity contribution in [3.63, 3.8) is 0 Å². The Bertz CT molecular complexity index is 973. The number of benzene rings is 1. The highest BCUT2D eigenvalue weighted by atomic mass is 19.1. The topological polar surface area (TPSA) is 72.8 Å². The largest absolute Gasteiger partial charge is 0.455 e. The van der Waals surface area contributed by atoms with Crippen molar-refractivity contribution in [3.05, 3.63) is 64.5 Å². The van der Waals surface area contributed by atoms with Crippen LogP contribution in [-0.2, 0) is 24.2 Å². The third-order valence-corrected chi connectivity index (χ3v) is 4.89. The molecular formula is C20H21FN4O2. The van der Waals surface area contributed by atoms with Crippen molar-refractivity contribution in [2.45, 2.75) is 45.6 Å². The number of aromatic amines is 1. The normalized spacial score (nSPS) is 13.2. The molecule has 0 saturated heterocycles. The van der Waals surface area contributed by atoms with Gasteiger partial charge < -0.3 is 4.74 Å². The van der Waals surface area contributed by atoms with Crippen molar-refractivity contribution >= 4 is 5.97 Å². The Morgan fingerprint density at radius 2 is 2.07 bits per heavy atom. The standard InChI is InChI=1S/C20H21FN4O2/c1-12(2)19-16(10-22-23-19)20(26)27-11-17-15-4-3-5-18(15)25(24-17)14-8-6-13(21)7-9-14/h6-10,12H,3-5,11H2,1-2H3,(H,22,23). The Balaban J connectivity index is 1.56. The highest BCUT2D eigenvalue weighted by Crippen LogP contribution is 2.28. The first-order valence-corrected chi connectivity index (χ1v) is 9.10. The molecule has 0 unspecified atom stereocenters. The van der Waals surface area contributed by atoms with Gasteiger partial charge in [-0.1, -0.05) is 13.8 Å². The van der Waals surface area contributed by atoms with Crippen LogP contribution in [0.3, 0.4) is 0 Å². The maximum absolute atomic E-state index is 13.2. The molecule has 2 heterocycles. The van der Waals surface area contributed by atoms with Crippen LogP contribution in [0.4, 0.5) is 4.39 Å². The zero-order valence-corrected chi connectivity index (χ0v) is 15.3. The van der Waals surface area contributed by atoms with E-state index in [1.165, 1.54) is 18.3 Å². The second-order valence-electron chi connectivity index (χ2n) is 7.04. The number of nitrogens with one attached hydrogen (secondary N) is 1. The molecule has 1 aromatic carbocycles. The van der Waals surface area contributed by atoms with Gasteiger partial charge >= 0.3 is 5.97 Å². The molecule has 0 amide bonds. The molecule has 4 rings (SSSR count). The van der Waals surface area contributed by atoms with Crippen LogP contribution in [0.1, 0.15) is 59.2 Å². The van der Waals surface area contributed by atoms with Crippen molar-refractivity contribution in [1.82, 2.24) is 20.0 Å². The van der Waals surface area contributed by atoms with Gasteiger partial charge in [0.2, 0.25) is 0 Å². The van der Waals surface area contributed by atoms with Crippen LogP contribution in [0.5, 0.6) is 0 Å². The lowest BCUT2D eigenvalue weighted by Crippen LogP contribution is -2.09. The minimum absolute atomic E-state index is 0.109. The Labute approximate surface area is 156 Å². The fourth-order valence-electron chi connectivity index (χ4n) is 3.54. The SMILES string of the molecule is CC(C)c1[nH]ncc1C(=O)OCc1nn(-c2ccc(F)cc2)c2c1CCC2. The van der Waals surface area contributed by atoms with Crippen LogP contribution in [-0.4, -0.2) is 25.9 Å². The Kier molecular flexibility index (Phi) is 4.51. The van der Waals surface area contributed by atoms with Crippen molar-refractivity contribution in [1.29, 1.82) is 0 Å². The molecule has 1 N–H and O–H groups in total. The number of nitrogens with zero attached hydrogens (tertiary/aromatic N) is 3. The number of carbonyl (C=O) groups is 1. The summed E-state index contributed by atoms with van der Waals surface area (Å²) in [6.45, 7) is 4.08. The number of fused-ring (bicyclic) bond motifs is 1. The minimum atomic E-state index is -0.407. The number of H-pyrrole nitrogens is 1. The zero-order chi connectivity index (χ0) is 19.0. The fraction of sp³-hybridized carbons (Fsp3) is 0.350. The van der Waals surface area contributed by atoms with Gasteiger partial charge in [-0.15, -0.1) is 0 Å². The third kappa shape index (κ3) is 3.25. The summed E-state index contributed by atoms with van der Waals surface area (Å²) in [5.41, 5.74) is 5.03. The molecular weight excluding hydrogens is 347 g/mol. The van der Waals surface area contributed by atoms with E-state index in [-0.39, 0.29) is 18.3 Å². The van der Waals surface area contributed by atoms with Gasteiger partial charge in [-0.3, -0.25) is 5.10 Å². The van der Waals surface area contributed by atoms with Gasteiger partial charge in [-0.2, -0.15) is 10.2 Å². The third-order valence-electron chi connectivity index (χ3n) is 4.89. The molecule has 2 aromatic heterocycles. The predicted octanol–water partition coefficient (Wildman–Crippen LogP) is 3.70. The number of halogens is 1. The van der Waals surface area contributed by atoms with Crippen molar-refractivity contribution in [2.24, 2.45) is 0 Å². The molecule has 0 atom stereocenters. The highest BCUT2D eigenvalue weighted by molar-refractivity contribution is 5.90. The van der Waals surface area contributed by atoms with Crippen LogP contribution < -0.4 is 0 Å². The molecule has 27 heavy (non-hydrogen) atoms. The smallest absolute Gasteiger partial charge is 0.342 e. The number of esters is 1. The van der Waals surface area contributed by atoms with E-state index in [9.17, 15) is 9.18 Å². The van der Waals surface area contributed by atoms with E-state index in [4.69, 9.17) is 4.74 Å². The summed E-state index contributed by atoms with van der Waals surface area (Å²) in [6.07, 6.45) is 4.35. The van der Waals surface area contributed by atoms with Gasteiger partial charge in [0, 0.05) is 11.3 Å². The fourth-order valence-corrected chi connectivity index (χ4v) is 3.54. The van der Waals surface area contributed by atoms with E-state index in [2.05, 4.69) is 15.3 Å². The predicted molar refractivity (Wildman–Crippen MR) is 97.3 cm³/mol. The average molecular weight is 368 g/mol. The number of aromatic nitrogens is 4. The summed E-state index contributed by atoms with van der Waals surface area (Å²) in [5.74, 6) is -0.537. The molecule has 1 aliphatic carbocycles. The number of hydrogen-bond acceptors (Lipinski definition) is 4. The highest BCUT2D eigenvalue weighted by Gasteiger charge is 2.25. The van der Waals surface area contributed by atoms with Gasteiger partial charge in [0.25, 0.3) is 0 Å². The molecule has 140 valence electrons. The second-order valence-corrected chi connectivity index (χ2v) is 7.04. The molecule has 1 aliphatic rings. The van der Waals surface area contributed by atoms with E-state index in [1.807, 2.05) is 18.5 Å². The summed E-state index contributed by atoms with van der Waals surface area (Å²) < 4.78 is 20.6. The van der Waals surface area contributed by atoms with Crippen molar-refractivity contribution < 1.29 is 13.9 Å². The van der Waals surface area contributed by atoms with Crippen LogP contribution in [0.15, 0.2) is 30.5 Å². The van der Waals surface area contributed by atoms with Crippen molar-refractivity contribution in [2.75, 3.05) is 0 Å². The summed E-state index contributed by atoms with van der Waals surface area (Å²) in [7, 11) is 0. The summed E-state index contributed by atoms with van der Waals surface area (Å²) in [6, 6.07) is 6.25. The Hall–Kier alpha value is -2.96. The summed E-state index contributed by atoms with van der Waals surface area (Å²) in [4.78, 5) is 12.5. The lowest BCUT2D eigenvalue weighted by Gasteiger charge is -2.07. The molecule has 7 heteroatoms. The molecule has 0 fully saturated rings. The van der Waals surface area contributed by atoms with E-state index < -0.39 is 5.97 Å². The zero-order valence-electron chi connectivity index (χ0n) is 15.3. The van der Waals surface area contributed by atoms with E-state index in [0.717, 1.165) is 47.6 Å². The quantitative estimate of drug-likeness (QED) is 0.697. The van der Waals surface area contributed by atoms with Gasteiger partial charge in [-0.25, -0.2) is 13.9 Å². The molecule has 0 radical (unpaired) electrons. The van der Waals surface area contributed by atoms with Crippen LogP contribution in [0, 0.1) is 5.82 Å². The van der Waals surface area contributed by atoms with E-state index >= 15 is 0 Å². The molecule has 6 nitrogen and oxygen atoms in total. The van der Waals surface area contributed by atoms with Crippen LogP contribution in [0.2, 0.25) is 0 Å². The average Bonchev–Trinajstić information content (AvgIpc) is 3.37. The second kappa shape index (κ2) is 6.98. The molecule has 3 aromatic rings. The maximum Gasteiger partial charge on any atom is 0.342 e. The lowest BCUT2D eigenvalue weighted by molar-refractivity contribution is 0.0465.